The fourth-order valence-electron chi connectivity index (χ4n) is 2.69. The quantitative estimate of drug-likeness (QED) is 0.800. The Labute approximate surface area is 108 Å². The van der Waals surface area contributed by atoms with Crippen LogP contribution in [0, 0.1) is 22.6 Å². The lowest BCUT2D eigenvalue weighted by atomic mass is 9.84. The van der Waals surface area contributed by atoms with Crippen LogP contribution in [-0.4, -0.2) is 18.0 Å². The summed E-state index contributed by atoms with van der Waals surface area (Å²) in [7, 11) is 0. The fourth-order valence-corrected chi connectivity index (χ4v) is 2.69. The van der Waals surface area contributed by atoms with Gasteiger partial charge in [0.15, 0.2) is 0 Å². The van der Waals surface area contributed by atoms with Gasteiger partial charge in [-0.25, -0.2) is 4.39 Å². The number of halogens is 1. The van der Waals surface area contributed by atoms with Crippen LogP contribution in [0.2, 0.25) is 0 Å². The minimum Gasteiger partial charge on any atom is -0.298 e. The van der Waals surface area contributed by atoms with Crippen LogP contribution >= 0.6 is 0 Å². The third kappa shape index (κ3) is 3.08. The largest absolute Gasteiger partial charge is 0.298 e. The Bertz CT molecular complexity index is 474. The molecule has 0 spiro atoms. The van der Waals surface area contributed by atoms with Gasteiger partial charge < -0.3 is 0 Å². The van der Waals surface area contributed by atoms with Gasteiger partial charge in [0.2, 0.25) is 0 Å². The van der Waals surface area contributed by atoms with Crippen molar-refractivity contribution in [1.29, 1.82) is 5.26 Å². The van der Waals surface area contributed by atoms with Crippen molar-refractivity contribution in [2.24, 2.45) is 5.41 Å². The molecule has 0 bridgehead atoms. The first-order valence-corrected chi connectivity index (χ1v) is 6.41. The van der Waals surface area contributed by atoms with Gasteiger partial charge in [0.25, 0.3) is 0 Å². The SMILES string of the molecule is CC1(C)CCCN(Cc2cc(C#N)ccc2F)C1. The molecule has 0 N–H and O–H groups in total. The number of hydrogen-bond donors (Lipinski definition) is 0. The average Bonchev–Trinajstić information content (AvgIpc) is 2.31. The second-order valence-electron chi connectivity index (χ2n) is 5.90. The van der Waals surface area contributed by atoms with Gasteiger partial charge in [-0.2, -0.15) is 5.26 Å². The maximum absolute atomic E-state index is 13.7. The number of benzene rings is 1. The predicted molar refractivity (Wildman–Crippen MR) is 69.4 cm³/mol. The minimum atomic E-state index is -0.211. The van der Waals surface area contributed by atoms with Crippen molar-refractivity contribution in [2.75, 3.05) is 13.1 Å². The highest BCUT2D eigenvalue weighted by Crippen LogP contribution is 2.29. The van der Waals surface area contributed by atoms with E-state index in [1.165, 1.54) is 18.6 Å². The van der Waals surface area contributed by atoms with E-state index >= 15 is 0 Å². The maximum atomic E-state index is 13.7. The van der Waals surface area contributed by atoms with Gasteiger partial charge in [-0.05, 0) is 43.0 Å². The topological polar surface area (TPSA) is 27.0 Å². The summed E-state index contributed by atoms with van der Waals surface area (Å²) in [5.74, 6) is -0.211. The van der Waals surface area contributed by atoms with Gasteiger partial charge in [0, 0.05) is 18.7 Å². The highest BCUT2D eigenvalue weighted by Gasteiger charge is 2.26. The summed E-state index contributed by atoms with van der Waals surface area (Å²) in [6, 6.07) is 6.65. The number of piperidine rings is 1. The Morgan fingerprint density at radius 1 is 1.44 bits per heavy atom. The lowest BCUT2D eigenvalue weighted by Crippen LogP contribution is -2.39. The molecule has 18 heavy (non-hydrogen) atoms. The first-order chi connectivity index (χ1) is 8.50. The van der Waals surface area contributed by atoms with Crippen LogP contribution in [-0.2, 0) is 6.54 Å². The molecule has 2 rings (SSSR count). The van der Waals surface area contributed by atoms with E-state index in [2.05, 4.69) is 24.8 Å². The molecule has 3 heteroatoms. The molecule has 1 aliphatic rings. The van der Waals surface area contributed by atoms with Crippen LogP contribution in [0.4, 0.5) is 4.39 Å². The molecular weight excluding hydrogens is 227 g/mol. The van der Waals surface area contributed by atoms with Gasteiger partial charge in [-0.3, -0.25) is 4.90 Å². The average molecular weight is 246 g/mol. The highest BCUT2D eigenvalue weighted by molar-refractivity contribution is 5.33. The molecule has 2 nitrogen and oxygen atoms in total. The Hall–Kier alpha value is -1.40. The smallest absolute Gasteiger partial charge is 0.127 e. The van der Waals surface area contributed by atoms with Gasteiger partial charge >= 0.3 is 0 Å². The molecule has 0 unspecified atom stereocenters. The Balaban J connectivity index is 2.12. The lowest BCUT2D eigenvalue weighted by Gasteiger charge is -2.38. The fraction of sp³-hybridized carbons (Fsp3) is 0.533. The van der Waals surface area contributed by atoms with Crippen molar-refractivity contribution in [1.82, 2.24) is 4.90 Å². The molecule has 1 fully saturated rings. The first kappa shape index (κ1) is 13.0. The van der Waals surface area contributed by atoms with E-state index in [1.807, 2.05) is 0 Å². The van der Waals surface area contributed by atoms with Crippen molar-refractivity contribution in [2.45, 2.75) is 33.2 Å². The summed E-state index contributed by atoms with van der Waals surface area (Å²) in [6.07, 6.45) is 2.39. The molecule has 0 atom stereocenters. The second-order valence-corrected chi connectivity index (χ2v) is 5.90. The molecule has 1 aromatic carbocycles. The predicted octanol–water partition coefficient (Wildman–Crippen LogP) is 3.32. The molecule has 1 saturated heterocycles. The summed E-state index contributed by atoms with van der Waals surface area (Å²) in [5, 5.41) is 8.86. The maximum Gasteiger partial charge on any atom is 0.127 e. The molecule has 1 aliphatic heterocycles. The molecule has 0 amide bonds. The summed E-state index contributed by atoms with van der Waals surface area (Å²) >= 11 is 0. The van der Waals surface area contributed by atoms with Crippen molar-refractivity contribution in [3.8, 4) is 6.07 Å². The monoisotopic (exact) mass is 246 g/mol. The summed E-state index contributed by atoms with van der Waals surface area (Å²) in [6.45, 7) is 7.11. The zero-order valence-electron chi connectivity index (χ0n) is 11.0. The van der Waals surface area contributed by atoms with Crippen LogP contribution < -0.4 is 0 Å². The van der Waals surface area contributed by atoms with Crippen molar-refractivity contribution in [3.63, 3.8) is 0 Å². The van der Waals surface area contributed by atoms with Gasteiger partial charge in [-0.1, -0.05) is 13.8 Å². The van der Waals surface area contributed by atoms with Crippen LogP contribution in [0.25, 0.3) is 0 Å². The lowest BCUT2D eigenvalue weighted by molar-refractivity contribution is 0.110. The Kier molecular flexibility index (Phi) is 3.68. The molecule has 0 saturated carbocycles. The third-order valence-corrected chi connectivity index (χ3v) is 3.55. The van der Waals surface area contributed by atoms with E-state index in [9.17, 15) is 4.39 Å². The van der Waals surface area contributed by atoms with E-state index in [0.717, 1.165) is 19.5 Å². The van der Waals surface area contributed by atoms with Crippen LogP contribution in [0.5, 0.6) is 0 Å². The van der Waals surface area contributed by atoms with E-state index in [4.69, 9.17) is 5.26 Å². The number of nitriles is 1. The molecule has 1 heterocycles. The minimum absolute atomic E-state index is 0.211. The first-order valence-electron chi connectivity index (χ1n) is 6.41. The molecule has 1 aromatic rings. The highest BCUT2D eigenvalue weighted by atomic mass is 19.1. The third-order valence-electron chi connectivity index (χ3n) is 3.55. The van der Waals surface area contributed by atoms with Crippen molar-refractivity contribution < 1.29 is 4.39 Å². The van der Waals surface area contributed by atoms with Crippen molar-refractivity contribution in [3.05, 3.63) is 35.1 Å². The Morgan fingerprint density at radius 3 is 2.89 bits per heavy atom. The summed E-state index contributed by atoms with van der Waals surface area (Å²) in [5.41, 5.74) is 1.47. The Morgan fingerprint density at radius 2 is 2.22 bits per heavy atom. The van der Waals surface area contributed by atoms with E-state index in [0.29, 0.717) is 23.1 Å². The van der Waals surface area contributed by atoms with Crippen molar-refractivity contribution >= 4 is 0 Å². The van der Waals surface area contributed by atoms with Crippen LogP contribution in [0.1, 0.15) is 37.8 Å². The number of hydrogen-bond acceptors (Lipinski definition) is 2. The van der Waals surface area contributed by atoms with Gasteiger partial charge in [0.1, 0.15) is 5.82 Å². The normalized spacial score (nSPS) is 19.4. The van der Waals surface area contributed by atoms with Gasteiger partial charge in [-0.15, -0.1) is 0 Å². The molecular formula is C15H19FN2. The van der Waals surface area contributed by atoms with Crippen LogP contribution in [0.3, 0.4) is 0 Å². The summed E-state index contributed by atoms with van der Waals surface area (Å²) < 4.78 is 13.7. The number of likely N-dealkylation sites (tertiary alicyclic amines) is 1. The molecule has 96 valence electrons. The standard InChI is InChI=1S/C15H19FN2/c1-15(2)6-3-7-18(11-15)10-13-8-12(9-17)4-5-14(13)16/h4-5,8H,3,6-7,10-11H2,1-2H3. The number of nitrogens with zero attached hydrogens (tertiary/aromatic N) is 2. The van der Waals surface area contributed by atoms with Crippen LogP contribution in [0.15, 0.2) is 18.2 Å². The van der Waals surface area contributed by atoms with E-state index in [-0.39, 0.29) is 5.82 Å². The zero-order chi connectivity index (χ0) is 13.2. The number of rotatable bonds is 2. The van der Waals surface area contributed by atoms with E-state index < -0.39 is 0 Å². The molecule has 0 aliphatic carbocycles. The second kappa shape index (κ2) is 5.07. The van der Waals surface area contributed by atoms with Gasteiger partial charge in [0.05, 0.1) is 11.6 Å². The zero-order valence-corrected chi connectivity index (χ0v) is 11.0. The molecule has 0 aromatic heterocycles. The molecule has 0 radical (unpaired) electrons. The van der Waals surface area contributed by atoms with E-state index in [1.54, 1.807) is 6.07 Å². The summed E-state index contributed by atoms with van der Waals surface area (Å²) in [4.78, 5) is 2.28.